The van der Waals surface area contributed by atoms with E-state index >= 15 is 0 Å². The Morgan fingerprint density at radius 1 is 1.15 bits per heavy atom. The van der Waals surface area contributed by atoms with E-state index in [0.29, 0.717) is 36.9 Å². The molecule has 0 spiro atoms. The van der Waals surface area contributed by atoms with Gasteiger partial charge in [-0.2, -0.15) is 0 Å². The van der Waals surface area contributed by atoms with Crippen LogP contribution in [0, 0.1) is 0 Å². The molecule has 1 aliphatic rings. The van der Waals surface area contributed by atoms with Crippen LogP contribution in [0.1, 0.15) is 23.7 Å². The monoisotopic (exact) mass is 362 g/mol. The molecule has 1 unspecified atom stereocenters. The van der Waals surface area contributed by atoms with Crippen molar-refractivity contribution in [3.63, 3.8) is 0 Å². The predicted molar refractivity (Wildman–Crippen MR) is 104 cm³/mol. The van der Waals surface area contributed by atoms with Crippen LogP contribution in [0.3, 0.4) is 0 Å². The molecule has 1 atom stereocenters. The normalized spacial score (nSPS) is 16.5. The number of nitrogens with zero attached hydrogens (tertiary/aromatic N) is 2. The quantitative estimate of drug-likeness (QED) is 0.690. The highest BCUT2D eigenvalue weighted by Gasteiger charge is 2.31. The summed E-state index contributed by atoms with van der Waals surface area (Å²) in [6.45, 7) is 3.65. The van der Waals surface area contributed by atoms with Crippen molar-refractivity contribution in [3.8, 4) is 11.6 Å². The summed E-state index contributed by atoms with van der Waals surface area (Å²) < 4.78 is 11.7. The minimum atomic E-state index is -0.0469. The van der Waals surface area contributed by atoms with Gasteiger partial charge >= 0.3 is 0 Å². The van der Waals surface area contributed by atoms with Crippen molar-refractivity contribution in [3.05, 3.63) is 66.4 Å². The third-order valence-corrected chi connectivity index (χ3v) is 4.76. The van der Waals surface area contributed by atoms with Gasteiger partial charge in [0.2, 0.25) is 5.88 Å². The van der Waals surface area contributed by atoms with Crippen LogP contribution in [0.2, 0.25) is 0 Å². The third-order valence-electron chi connectivity index (χ3n) is 4.76. The van der Waals surface area contributed by atoms with Gasteiger partial charge in [0.05, 0.1) is 18.7 Å². The molecule has 4 rings (SSSR count). The molecule has 1 aromatic heterocycles. The Hall–Kier alpha value is -3.08. The molecule has 138 valence electrons. The van der Waals surface area contributed by atoms with Crippen LogP contribution in [0.4, 0.5) is 0 Å². The van der Waals surface area contributed by atoms with Crippen LogP contribution in [0.15, 0.2) is 60.8 Å². The highest BCUT2D eigenvalue weighted by Crippen LogP contribution is 2.31. The fourth-order valence-electron chi connectivity index (χ4n) is 3.50. The molecular weight excluding hydrogens is 340 g/mol. The number of benzene rings is 2. The maximum Gasteiger partial charge on any atom is 0.258 e. The molecule has 2 heterocycles. The lowest BCUT2D eigenvalue weighted by atomic mass is 10.0. The SMILES string of the molecule is CCOc1ccc2ccccc2c1C(=O)N1CCC(Oc2ccccn2)C1. The van der Waals surface area contributed by atoms with Crippen molar-refractivity contribution >= 4 is 16.7 Å². The average molecular weight is 362 g/mol. The van der Waals surface area contributed by atoms with Gasteiger partial charge in [-0.3, -0.25) is 4.79 Å². The fourth-order valence-corrected chi connectivity index (χ4v) is 3.50. The van der Waals surface area contributed by atoms with Crippen molar-refractivity contribution in [2.75, 3.05) is 19.7 Å². The number of hydrogen-bond donors (Lipinski definition) is 0. The number of pyridine rings is 1. The lowest BCUT2D eigenvalue weighted by Crippen LogP contribution is -2.31. The number of likely N-dealkylation sites (tertiary alicyclic amines) is 1. The molecule has 1 saturated heterocycles. The molecule has 0 radical (unpaired) electrons. The second kappa shape index (κ2) is 7.66. The Labute approximate surface area is 158 Å². The summed E-state index contributed by atoms with van der Waals surface area (Å²) in [7, 11) is 0. The van der Waals surface area contributed by atoms with E-state index in [4.69, 9.17) is 9.47 Å². The fraction of sp³-hybridized carbons (Fsp3) is 0.273. The Morgan fingerprint density at radius 2 is 2.00 bits per heavy atom. The van der Waals surface area contributed by atoms with E-state index in [2.05, 4.69) is 4.98 Å². The van der Waals surface area contributed by atoms with Crippen molar-refractivity contribution in [1.29, 1.82) is 0 Å². The van der Waals surface area contributed by atoms with Gasteiger partial charge in [0.25, 0.3) is 5.91 Å². The van der Waals surface area contributed by atoms with Crippen LogP contribution in [-0.4, -0.2) is 41.6 Å². The summed E-state index contributed by atoms with van der Waals surface area (Å²) in [5.41, 5.74) is 0.633. The van der Waals surface area contributed by atoms with Gasteiger partial charge in [0.15, 0.2) is 0 Å². The molecule has 1 aliphatic heterocycles. The summed E-state index contributed by atoms with van der Waals surface area (Å²) in [5.74, 6) is 1.22. The van der Waals surface area contributed by atoms with Gasteiger partial charge in [0.1, 0.15) is 11.9 Å². The molecule has 0 saturated carbocycles. The van der Waals surface area contributed by atoms with Gasteiger partial charge in [-0.05, 0) is 29.8 Å². The third kappa shape index (κ3) is 3.58. The van der Waals surface area contributed by atoms with Crippen LogP contribution in [0.5, 0.6) is 11.6 Å². The molecule has 2 aromatic carbocycles. The van der Waals surface area contributed by atoms with E-state index in [0.717, 1.165) is 17.2 Å². The summed E-state index contributed by atoms with van der Waals surface area (Å²) in [6.07, 6.45) is 2.45. The van der Waals surface area contributed by atoms with Crippen molar-refractivity contribution < 1.29 is 14.3 Å². The molecule has 27 heavy (non-hydrogen) atoms. The largest absolute Gasteiger partial charge is 0.493 e. The molecule has 0 aliphatic carbocycles. The first-order chi connectivity index (χ1) is 13.3. The van der Waals surface area contributed by atoms with E-state index in [1.165, 1.54) is 0 Å². The highest BCUT2D eigenvalue weighted by atomic mass is 16.5. The number of carbonyl (C=O) groups is 1. The van der Waals surface area contributed by atoms with Crippen LogP contribution in [-0.2, 0) is 0 Å². The molecule has 3 aromatic rings. The summed E-state index contributed by atoms with van der Waals surface area (Å²) in [5, 5.41) is 1.95. The van der Waals surface area contributed by atoms with E-state index in [9.17, 15) is 4.79 Å². The number of hydrogen-bond acceptors (Lipinski definition) is 4. The summed E-state index contributed by atoms with van der Waals surface area (Å²) in [4.78, 5) is 19.4. The highest BCUT2D eigenvalue weighted by molar-refractivity contribution is 6.09. The van der Waals surface area contributed by atoms with Gasteiger partial charge in [-0.25, -0.2) is 4.98 Å². The van der Waals surface area contributed by atoms with Crippen molar-refractivity contribution in [2.24, 2.45) is 0 Å². The van der Waals surface area contributed by atoms with E-state index in [-0.39, 0.29) is 12.0 Å². The standard InChI is InChI=1S/C22H22N2O3/c1-2-26-19-11-10-16-7-3-4-8-18(16)21(19)22(25)24-14-12-17(15-24)27-20-9-5-6-13-23-20/h3-11,13,17H,2,12,14-15H2,1H3. The molecule has 5 heteroatoms. The maximum absolute atomic E-state index is 13.3. The van der Waals surface area contributed by atoms with Gasteiger partial charge in [0, 0.05) is 25.2 Å². The van der Waals surface area contributed by atoms with E-state index in [1.807, 2.05) is 66.4 Å². The molecule has 0 bridgehead atoms. The Morgan fingerprint density at radius 3 is 2.81 bits per heavy atom. The molecular formula is C22H22N2O3. The summed E-state index contributed by atoms with van der Waals surface area (Å²) >= 11 is 0. The number of carbonyl (C=O) groups excluding carboxylic acids is 1. The minimum absolute atomic E-state index is 0.0117. The second-order valence-corrected chi connectivity index (χ2v) is 6.54. The Bertz CT molecular complexity index is 943. The van der Waals surface area contributed by atoms with Crippen LogP contribution < -0.4 is 9.47 Å². The van der Waals surface area contributed by atoms with Crippen LogP contribution >= 0.6 is 0 Å². The Balaban J connectivity index is 1.58. The number of aromatic nitrogens is 1. The number of rotatable bonds is 5. The zero-order valence-corrected chi connectivity index (χ0v) is 15.3. The Kier molecular flexibility index (Phi) is 4.92. The van der Waals surface area contributed by atoms with Gasteiger partial charge < -0.3 is 14.4 Å². The van der Waals surface area contributed by atoms with Gasteiger partial charge in [-0.1, -0.05) is 36.4 Å². The average Bonchev–Trinajstić information content (AvgIpc) is 3.17. The van der Waals surface area contributed by atoms with Crippen molar-refractivity contribution in [2.45, 2.75) is 19.4 Å². The zero-order chi connectivity index (χ0) is 18.6. The molecule has 1 fully saturated rings. The molecule has 5 nitrogen and oxygen atoms in total. The summed E-state index contributed by atoms with van der Waals surface area (Å²) in [6, 6.07) is 17.4. The predicted octanol–water partition coefficient (Wildman–Crippen LogP) is 3.93. The van der Waals surface area contributed by atoms with Crippen molar-refractivity contribution in [1.82, 2.24) is 9.88 Å². The first-order valence-electron chi connectivity index (χ1n) is 9.27. The minimum Gasteiger partial charge on any atom is -0.493 e. The van der Waals surface area contributed by atoms with Crippen LogP contribution in [0.25, 0.3) is 10.8 Å². The molecule has 0 N–H and O–H groups in total. The number of amides is 1. The first kappa shape index (κ1) is 17.3. The van der Waals surface area contributed by atoms with E-state index < -0.39 is 0 Å². The smallest absolute Gasteiger partial charge is 0.258 e. The van der Waals surface area contributed by atoms with Gasteiger partial charge in [-0.15, -0.1) is 0 Å². The maximum atomic E-state index is 13.3. The lowest BCUT2D eigenvalue weighted by molar-refractivity contribution is 0.0769. The lowest BCUT2D eigenvalue weighted by Gasteiger charge is -2.20. The van der Waals surface area contributed by atoms with E-state index in [1.54, 1.807) is 6.20 Å². The zero-order valence-electron chi connectivity index (χ0n) is 15.3. The molecule has 1 amide bonds. The topological polar surface area (TPSA) is 51.7 Å². The number of ether oxygens (including phenoxy) is 2. The second-order valence-electron chi connectivity index (χ2n) is 6.54. The number of fused-ring (bicyclic) bond motifs is 1. The first-order valence-corrected chi connectivity index (χ1v) is 9.27.